The van der Waals surface area contributed by atoms with E-state index in [9.17, 15) is 18.0 Å². The second kappa shape index (κ2) is 10.1. The lowest BCUT2D eigenvalue weighted by Gasteiger charge is -2.35. The molecular formula is C23H25F3N3O4-. The Morgan fingerprint density at radius 1 is 1.15 bits per heavy atom. The fourth-order valence-corrected chi connectivity index (χ4v) is 3.64. The van der Waals surface area contributed by atoms with Crippen molar-refractivity contribution in [1.29, 1.82) is 0 Å². The highest BCUT2D eigenvalue weighted by Crippen LogP contribution is 2.36. The van der Waals surface area contributed by atoms with Gasteiger partial charge in [0.1, 0.15) is 11.4 Å². The number of halogens is 3. The van der Waals surface area contributed by atoms with E-state index < -0.39 is 23.4 Å². The van der Waals surface area contributed by atoms with E-state index in [4.69, 9.17) is 20.4 Å². The molecule has 0 unspecified atom stereocenters. The van der Waals surface area contributed by atoms with E-state index in [1.54, 1.807) is 7.11 Å². The Balaban J connectivity index is 0.000000257. The molecule has 1 spiro atoms. The van der Waals surface area contributed by atoms with Gasteiger partial charge in [0.15, 0.2) is 0 Å². The van der Waals surface area contributed by atoms with Crippen LogP contribution in [0.15, 0.2) is 53.7 Å². The van der Waals surface area contributed by atoms with Crippen LogP contribution in [0.1, 0.15) is 36.0 Å². The van der Waals surface area contributed by atoms with E-state index in [1.165, 1.54) is 17.0 Å². The summed E-state index contributed by atoms with van der Waals surface area (Å²) in [5, 5.41) is 13.0. The van der Waals surface area contributed by atoms with Crippen LogP contribution in [-0.4, -0.2) is 47.6 Å². The monoisotopic (exact) mass is 464 g/mol. The number of hydrogen-bond donors (Lipinski definition) is 1. The van der Waals surface area contributed by atoms with Gasteiger partial charge < -0.3 is 25.3 Å². The lowest BCUT2D eigenvalue weighted by molar-refractivity contribution is -0.137. The third-order valence-electron chi connectivity index (χ3n) is 5.69. The molecule has 2 N–H and O–H groups in total. The van der Waals surface area contributed by atoms with Crippen LogP contribution in [-0.2, 0) is 17.6 Å². The number of benzene rings is 2. The number of amides is 1. The van der Waals surface area contributed by atoms with Gasteiger partial charge in [-0.2, -0.15) is 13.2 Å². The zero-order valence-electron chi connectivity index (χ0n) is 18.1. The summed E-state index contributed by atoms with van der Waals surface area (Å²) >= 11 is 0. The SMILES string of the molecule is COc1ccc(C[NH-])cc1.O=C(O)N1CCC2(CC1)CC(c1ccc(C(F)(F)F)cc1)=NO2. The van der Waals surface area contributed by atoms with Crippen LogP contribution >= 0.6 is 0 Å². The van der Waals surface area contributed by atoms with Gasteiger partial charge >= 0.3 is 12.3 Å². The maximum Gasteiger partial charge on any atom is 0.416 e. The predicted molar refractivity (Wildman–Crippen MR) is 116 cm³/mol. The molecule has 0 radical (unpaired) electrons. The number of nitrogens with one attached hydrogen (secondary N) is 1. The predicted octanol–water partition coefficient (Wildman–Crippen LogP) is 5.59. The quantitative estimate of drug-likeness (QED) is 0.641. The second-order valence-electron chi connectivity index (χ2n) is 7.86. The maximum absolute atomic E-state index is 12.6. The minimum absolute atomic E-state index is 0.337. The van der Waals surface area contributed by atoms with E-state index in [0.29, 0.717) is 50.2 Å². The topological polar surface area (TPSA) is 95.2 Å². The van der Waals surface area contributed by atoms with Gasteiger partial charge in [0.2, 0.25) is 0 Å². The minimum Gasteiger partial charge on any atom is -0.674 e. The third-order valence-corrected chi connectivity index (χ3v) is 5.69. The first-order chi connectivity index (χ1) is 15.7. The molecule has 10 heteroatoms. The highest BCUT2D eigenvalue weighted by molar-refractivity contribution is 6.01. The average Bonchev–Trinajstić information content (AvgIpc) is 3.22. The van der Waals surface area contributed by atoms with E-state index in [0.717, 1.165) is 23.4 Å². The average molecular weight is 464 g/mol. The number of hydrogen-bond acceptors (Lipinski definition) is 4. The molecule has 33 heavy (non-hydrogen) atoms. The van der Waals surface area contributed by atoms with Crippen molar-refractivity contribution in [3.05, 3.63) is 71.0 Å². The Morgan fingerprint density at radius 3 is 2.24 bits per heavy atom. The van der Waals surface area contributed by atoms with Gasteiger partial charge in [0.05, 0.1) is 18.4 Å². The number of rotatable bonds is 3. The van der Waals surface area contributed by atoms with Crippen molar-refractivity contribution in [2.24, 2.45) is 5.16 Å². The molecule has 2 aromatic carbocycles. The number of piperidine rings is 1. The first kappa shape index (κ1) is 24.4. The smallest absolute Gasteiger partial charge is 0.416 e. The number of nitrogens with zero attached hydrogens (tertiary/aromatic N) is 2. The van der Waals surface area contributed by atoms with Gasteiger partial charge in [-0.05, 0) is 29.8 Å². The fourth-order valence-electron chi connectivity index (χ4n) is 3.64. The van der Waals surface area contributed by atoms with Crippen LogP contribution in [0.3, 0.4) is 0 Å². The molecule has 7 nitrogen and oxygen atoms in total. The molecule has 178 valence electrons. The molecule has 2 aliphatic heterocycles. The molecule has 2 aliphatic rings. The first-order valence-electron chi connectivity index (χ1n) is 10.3. The van der Waals surface area contributed by atoms with Crippen molar-refractivity contribution >= 4 is 11.8 Å². The van der Waals surface area contributed by atoms with Crippen LogP contribution in [0.25, 0.3) is 5.73 Å². The number of methoxy groups -OCH3 is 1. The summed E-state index contributed by atoms with van der Waals surface area (Å²) in [7, 11) is 1.63. The Morgan fingerprint density at radius 2 is 1.76 bits per heavy atom. The number of ether oxygens (including phenoxy) is 1. The van der Waals surface area contributed by atoms with Crippen LogP contribution in [0.4, 0.5) is 18.0 Å². The zero-order chi connectivity index (χ0) is 24.1. The van der Waals surface area contributed by atoms with Crippen molar-refractivity contribution in [2.75, 3.05) is 20.2 Å². The molecule has 1 fully saturated rings. The highest BCUT2D eigenvalue weighted by atomic mass is 19.4. The molecule has 2 aromatic rings. The summed E-state index contributed by atoms with van der Waals surface area (Å²) in [6.07, 6.45) is -3.80. The zero-order valence-corrected chi connectivity index (χ0v) is 18.1. The Labute approximate surface area is 189 Å². The molecule has 0 aromatic heterocycles. The van der Waals surface area contributed by atoms with E-state index in [1.807, 2.05) is 24.3 Å². The molecule has 2 heterocycles. The standard InChI is InChI=1S/C15H15F3N2O3.C8H10NO/c16-15(17,18)11-3-1-10(2-4-11)12-9-14(23-19-12)5-7-20(8-6-14)13(21)22;1-10-8-4-2-7(6-9)3-5-8/h1-4H,5-9H2,(H,21,22);2-5,9H,6H2,1H3/q;-1. The van der Waals surface area contributed by atoms with Crippen LogP contribution in [0.2, 0.25) is 0 Å². The van der Waals surface area contributed by atoms with Crippen molar-refractivity contribution in [3.63, 3.8) is 0 Å². The summed E-state index contributed by atoms with van der Waals surface area (Å²) in [5.74, 6) is 0.845. The lowest BCUT2D eigenvalue weighted by atomic mass is 9.85. The Kier molecular flexibility index (Phi) is 7.47. The summed E-state index contributed by atoms with van der Waals surface area (Å²) < 4.78 is 42.7. The molecule has 0 bridgehead atoms. The molecule has 1 saturated heterocycles. The van der Waals surface area contributed by atoms with Crippen LogP contribution in [0.5, 0.6) is 5.75 Å². The second-order valence-corrected chi connectivity index (χ2v) is 7.86. The summed E-state index contributed by atoms with van der Waals surface area (Å²) in [5.41, 5.74) is 8.00. The van der Waals surface area contributed by atoms with Gasteiger partial charge in [-0.25, -0.2) is 4.79 Å². The largest absolute Gasteiger partial charge is 0.674 e. The lowest BCUT2D eigenvalue weighted by Crippen LogP contribution is -2.46. The van der Waals surface area contributed by atoms with E-state index >= 15 is 0 Å². The number of alkyl halides is 3. The van der Waals surface area contributed by atoms with Crippen molar-refractivity contribution in [3.8, 4) is 5.75 Å². The molecule has 4 rings (SSSR count). The Bertz CT molecular complexity index is 945. The third kappa shape index (κ3) is 6.16. The van der Waals surface area contributed by atoms with Crippen molar-refractivity contribution in [2.45, 2.75) is 37.6 Å². The minimum atomic E-state index is -4.36. The fraction of sp³-hybridized carbons (Fsp3) is 0.391. The molecule has 0 aliphatic carbocycles. The normalized spacial score (nSPS) is 17.0. The van der Waals surface area contributed by atoms with E-state index in [-0.39, 0.29) is 0 Å². The number of carboxylic acid groups (broad SMARTS) is 1. The van der Waals surface area contributed by atoms with Crippen molar-refractivity contribution < 1.29 is 32.6 Å². The number of likely N-dealkylation sites (tertiary alicyclic amines) is 1. The highest BCUT2D eigenvalue weighted by Gasteiger charge is 2.43. The Hall–Kier alpha value is -3.27. The molecule has 1 amide bonds. The molecule has 0 atom stereocenters. The van der Waals surface area contributed by atoms with Gasteiger partial charge in [-0.1, -0.05) is 35.0 Å². The van der Waals surface area contributed by atoms with Gasteiger partial charge in [0.25, 0.3) is 0 Å². The van der Waals surface area contributed by atoms with Gasteiger partial charge in [-0.3, -0.25) is 0 Å². The van der Waals surface area contributed by atoms with Crippen LogP contribution in [0, 0.1) is 0 Å². The van der Waals surface area contributed by atoms with Crippen LogP contribution < -0.4 is 4.74 Å². The first-order valence-corrected chi connectivity index (χ1v) is 10.3. The number of oxime groups is 1. The number of carbonyl (C=O) groups is 1. The summed E-state index contributed by atoms with van der Waals surface area (Å²) in [6.45, 7) is 1.07. The molecular weight excluding hydrogens is 439 g/mol. The molecule has 0 saturated carbocycles. The summed E-state index contributed by atoms with van der Waals surface area (Å²) in [6, 6.07) is 12.3. The van der Waals surface area contributed by atoms with Gasteiger partial charge in [0, 0.05) is 32.4 Å². The van der Waals surface area contributed by atoms with Gasteiger partial charge in [-0.15, -0.1) is 6.54 Å². The maximum atomic E-state index is 12.6. The van der Waals surface area contributed by atoms with Crippen molar-refractivity contribution in [1.82, 2.24) is 4.90 Å². The summed E-state index contributed by atoms with van der Waals surface area (Å²) in [4.78, 5) is 17.8. The van der Waals surface area contributed by atoms with E-state index in [2.05, 4.69) is 5.16 Å².